The molecule has 0 saturated heterocycles. The van der Waals surface area contributed by atoms with E-state index in [1.54, 1.807) is 37.5 Å². The normalized spacial score (nSPS) is 13.5. The van der Waals surface area contributed by atoms with Crippen LogP contribution in [0.15, 0.2) is 69.9 Å². The van der Waals surface area contributed by atoms with Crippen molar-refractivity contribution in [2.24, 2.45) is 5.92 Å². The lowest BCUT2D eigenvalue weighted by Gasteiger charge is -2.26. The van der Waals surface area contributed by atoms with E-state index >= 15 is 0 Å². The molecular weight excluding hydrogens is 457 g/mol. The first-order valence-electron chi connectivity index (χ1n) is 11.8. The minimum Gasteiger partial charge on any atom is -0.493 e. The number of rotatable bonds is 7. The van der Waals surface area contributed by atoms with Crippen molar-refractivity contribution in [3.8, 4) is 28.7 Å². The average Bonchev–Trinajstić information content (AvgIpc) is 2.87. The number of fused-ring (bicyclic) bond motifs is 1. The fraction of sp³-hybridized carbons (Fsp3) is 0.200. The lowest BCUT2D eigenvalue weighted by Crippen LogP contribution is -2.19. The molecule has 0 spiro atoms. The maximum Gasteiger partial charge on any atom is 0.201 e. The van der Waals surface area contributed by atoms with E-state index in [1.165, 1.54) is 24.6 Å². The number of nitriles is 1. The molecule has 1 fully saturated rings. The van der Waals surface area contributed by atoms with Gasteiger partial charge < -0.3 is 13.9 Å². The first-order chi connectivity index (χ1) is 17.6. The predicted octanol–water partition coefficient (Wildman–Crippen LogP) is 6.83. The Morgan fingerprint density at radius 3 is 2.61 bits per heavy atom. The Kier molecular flexibility index (Phi) is 6.55. The molecule has 0 radical (unpaired) electrons. The Morgan fingerprint density at radius 1 is 1.11 bits per heavy atom. The summed E-state index contributed by atoms with van der Waals surface area (Å²) < 4.78 is 31.7. The summed E-state index contributed by atoms with van der Waals surface area (Å²) in [7, 11) is 1.60. The number of hydrogen-bond acceptors (Lipinski definition) is 5. The van der Waals surface area contributed by atoms with Gasteiger partial charge in [0.05, 0.1) is 36.3 Å². The minimum absolute atomic E-state index is 0.150. The molecule has 1 aliphatic rings. The molecule has 180 valence electrons. The number of halogens is 1. The minimum atomic E-state index is -0.520. The smallest absolute Gasteiger partial charge is 0.201 e. The van der Waals surface area contributed by atoms with Crippen molar-refractivity contribution in [3.63, 3.8) is 0 Å². The number of benzene rings is 3. The van der Waals surface area contributed by atoms with Gasteiger partial charge in [0.2, 0.25) is 5.43 Å². The second-order valence-corrected chi connectivity index (χ2v) is 8.82. The molecular formula is C30H24FNO4. The molecule has 6 heteroatoms. The van der Waals surface area contributed by atoms with Gasteiger partial charge in [0.15, 0.2) is 11.5 Å². The van der Waals surface area contributed by atoms with Crippen LogP contribution in [0.4, 0.5) is 4.39 Å². The molecule has 1 saturated carbocycles. The first-order valence-corrected chi connectivity index (χ1v) is 11.8. The van der Waals surface area contributed by atoms with Gasteiger partial charge in [-0.2, -0.15) is 5.26 Å². The van der Waals surface area contributed by atoms with Crippen LogP contribution in [0.5, 0.6) is 11.5 Å². The fourth-order valence-electron chi connectivity index (χ4n) is 4.29. The van der Waals surface area contributed by atoms with Crippen LogP contribution in [0.3, 0.4) is 0 Å². The molecule has 5 nitrogen and oxygen atoms in total. The van der Waals surface area contributed by atoms with Crippen molar-refractivity contribution in [1.82, 2.24) is 0 Å². The Bertz CT molecular complexity index is 1540. The van der Waals surface area contributed by atoms with E-state index in [9.17, 15) is 9.18 Å². The highest BCUT2D eigenvalue weighted by atomic mass is 19.1. The highest BCUT2D eigenvalue weighted by Crippen LogP contribution is 2.35. The van der Waals surface area contributed by atoms with E-state index in [0.29, 0.717) is 40.9 Å². The third-order valence-electron chi connectivity index (χ3n) is 6.51. The zero-order valence-electron chi connectivity index (χ0n) is 19.8. The monoisotopic (exact) mass is 481 g/mol. The SMILES string of the molecule is COc1cccc(C=Cc2oc3ccc(F)cc3c(=O)c2-c2ccc(C#N)cc2)c1OCC1CCC1. The average molecular weight is 482 g/mol. The number of para-hydroxylation sites is 1. The van der Waals surface area contributed by atoms with Crippen LogP contribution in [-0.4, -0.2) is 13.7 Å². The van der Waals surface area contributed by atoms with E-state index in [1.807, 2.05) is 24.3 Å². The molecule has 0 aliphatic heterocycles. The summed E-state index contributed by atoms with van der Waals surface area (Å²) in [6.45, 7) is 0.619. The maximum absolute atomic E-state index is 13.9. The van der Waals surface area contributed by atoms with Crippen molar-refractivity contribution in [2.75, 3.05) is 13.7 Å². The fourth-order valence-corrected chi connectivity index (χ4v) is 4.29. The number of methoxy groups -OCH3 is 1. The van der Waals surface area contributed by atoms with Crippen LogP contribution in [0.1, 0.15) is 36.1 Å². The molecule has 0 amide bonds. The second-order valence-electron chi connectivity index (χ2n) is 8.82. The molecule has 3 aromatic carbocycles. The highest BCUT2D eigenvalue weighted by molar-refractivity contribution is 5.87. The van der Waals surface area contributed by atoms with Gasteiger partial charge >= 0.3 is 0 Å². The standard InChI is InChI=1S/C30H24FNO4/c1-34-27-7-3-6-22(30(27)35-18-20-4-2-5-20)12-14-26-28(21-10-8-19(17-32)9-11-21)29(33)24-16-23(31)13-15-25(24)36-26/h3,6-16,20H,2,4-5,18H2,1H3. The summed E-state index contributed by atoms with van der Waals surface area (Å²) in [5.74, 6) is 1.60. The van der Waals surface area contributed by atoms with Crippen LogP contribution in [0.2, 0.25) is 0 Å². The molecule has 0 bridgehead atoms. The van der Waals surface area contributed by atoms with Crippen LogP contribution in [0, 0.1) is 23.1 Å². The molecule has 0 unspecified atom stereocenters. The second kappa shape index (κ2) is 10.1. The van der Waals surface area contributed by atoms with Gasteiger partial charge in [0.1, 0.15) is 17.2 Å². The van der Waals surface area contributed by atoms with Crippen molar-refractivity contribution >= 4 is 23.1 Å². The highest BCUT2D eigenvalue weighted by Gasteiger charge is 2.20. The third-order valence-corrected chi connectivity index (χ3v) is 6.51. The van der Waals surface area contributed by atoms with E-state index in [0.717, 1.165) is 18.4 Å². The summed E-state index contributed by atoms with van der Waals surface area (Å²) in [5, 5.41) is 9.30. The Labute approximate surface area is 208 Å². The summed E-state index contributed by atoms with van der Waals surface area (Å²) >= 11 is 0. The van der Waals surface area contributed by atoms with Gasteiger partial charge in [-0.15, -0.1) is 0 Å². The van der Waals surface area contributed by atoms with E-state index in [2.05, 4.69) is 6.07 Å². The molecule has 4 aromatic rings. The number of ether oxygens (including phenoxy) is 2. The Morgan fingerprint density at radius 2 is 1.92 bits per heavy atom. The molecule has 1 aromatic heterocycles. The predicted molar refractivity (Wildman–Crippen MR) is 137 cm³/mol. The van der Waals surface area contributed by atoms with Gasteiger partial charge in [-0.05, 0) is 72.9 Å². The molecule has 0 N–H and O–H groups in total. The molecule has 0 atom stereocenters. The Balaban J connectivity index is 1.62. The summed E-state index contributed by atoms with van der Waals surface area (Å²) in [6.07, 6.45) is 7.09. The van der Waals surface area contributed by atoms with Crippen molar-refractivity contribution < 1.29 is 18.3 Å². The van der Waals surface area contributed by atoms with Crippen LogP contribution < -0.4 is 14.9 Å². The molecule has 1 heterocycles. The Hall–Kier alpha value is -4.37. The topological polar surface area (TPSA) is 72.5 Å². The zero-order chi connectivity index (χ0) is 25.1. The van der Waals surface area contributed by atoms with Gasteiger partial charge in [0.25, 0.3) is 0 Å². The van der Waals surface area contributed by atoms with Gasteiger partial charge in [-0.3, -0.25) is 4.79 Å². The van der Waals surface area contributed by atoms with Gasteiger partial charge in [-0.1, -0.05) is 30.7 Å². The number of nitrogens with zero attached hydrogens (tertiary/aromatic N) is 1. The van der Waals surface area contributed by atoms with Gasteiger partial charge in [0, 0.05) is 5.56 Å². The molecule has 1 aliphatic carbocycles. The van der Waals surface area contributed by atoms with Crippen LogP contribution in [0.25, 0.3) is 34.2 Å². The largest absolute Gasteiger partial charge is 0.493 e. The van der Waals surface area contributed by atoms with E-state index in [4.69, 9.17) is 19.2 Å². The van der Waals surface area contributed by atoms with E-state index < -0.39 is 5.82 Å². The first kappa shape index (κ1) is 23.4. The quantitative estimate of drug-likeness (QED) is 0.289. The van der Waals surface area contributed by atoms with Gasteiger partial charge in [-0.25, -0.2) is 4.39 Å². The molecule has 5 rings (SSSR count). The van der Waals surface area contributed by atoms with Crippen molar-refractivity contribution in [1.29, 1.82) is 5.26 Å². The number of hydrogen-bond donors (Lipinski definition) is 0. The van der Waals surface area contributed by atoms with Crippen LogP contribution in [-0.2, 0) is 0 Å². The van der Waals surface area contributed by atoms with Crippen molar-refractivity contribution in [3.05, 3.63) is 93.6 Å². The summed E-state index contributed by atoms with van der Waals surface area (Å²) in [4.78, 5) is 13.5. The lowest BCUT2D eigenvalue weighted by atomic mass is 9.86. The lowest BCUT2D eigenvalue weighted by molar-refractivity contribution is 0.175. The van der Waals surface area contributed by atoms with Crippen LogP contribution >= 0.6 is 0 Å². The third kappa shape index (κ3) is 4.60. The summed E-state index contributed by atoms with van der Waals surface area (Å²) in [6, 6.07) is 18.2. The van der Waals surface area contributed by atoms with Crippen molar-refractivity contribution in [2.45, 2.75) is 19.3 Å². The molecule has 36 heavy (non-hydrogen) atoms. The van der Waals surface area contributed by atoms with E-state index in [-0.39, 0.29) is 22.0 Å². The zero-order valence-corrected chi connectivity index (χ0v) is 19.8. The maximum atomic E-state index is 13.9. The summed E-state index contributed by atoms with van der Waals surface area (Å²) in [5.41, 5.74) is 2.03.